The van der Waals surface area contributed by atoms with Crippen LogP contribution in [0.5, 0.6) is 0 Å². The molecule has 5 heteroatoms. The van der Waals surface area contributed by atoms with Crippen LogP contribution >= 0.6 is 11.8 Å². The Labute approximate surface area is 122 Å². The normalized spacial score (nSPS) is 18.5. The van der Waals surface area contributed by atoms with Crippen LogP contribution in [0, 0.1) is 0 Å². The third kappa shape index (κ3) is 6.63. The summed E-state index contributed by atoms with van der Waals surface area (Å²) in [7, 11) is 0. The molecule has 1 atom stereocenters. The Kier molecular flexibility index (Phi) is 8.50. The van der Waals surface area contributed by atoms with Crippen molar-refractivity contribution >= 4 is 17.7 Å². The lowest BCUT2D eigenvalue weighted by Gasteiger charge is -2.27. The van der Waals surface area contributed by atoms with Gasteiger partial charge in [0.05, 0.1) is 6.04 Å². The first kappa shape index (κ1) is 16.8. The Bertz CT molecular complexity index is 253. The predicted octanol–water partition coefficient (Wildman–Crippen LogP) is 1.32. The average Bonchev–Trinajstić information content (AvgIpc) is 2.45. The first-order valence-corrected chi connectivity index (χ1v) is 8.66. The fourth-order valence-electron chi connectivity index (χ4n) is 2.18. The van der Waals surface area contributed by atoms with Crippen molar-refractivity contribution in [3.8, 4) is 0 Å². The second-order valence-corrected chi connectivity index (χ2v) is 6.38. The summed E-state index contributed by atoms with van der Waals surface area (Å²) in [5, 5.41) is 6.41. The highest BCUT2D eigenvalue weighted by Gasteiger charge is 2.16. The Balaban J connectivity index is 2.15. The maximum atomic E-state index is 12.0. The van der Waals surface area contributed by atoms with Gasteiger partial charge in [0.25, 0.3) is 0 Å². The molecule has 0 spiro atoms. The van der Waals surface area contributed by atoms with Gasteiger partial charge in [-0.05, 0) is 19.8 Å². The number of amides is 1. The third-order valence-electron chi connectivity index (χ3n) is 3.71. The lowest BCUT2D eigenvalue weighted by atomic mass is 10.1. The summed E-state index contributed by atoms with van der Waals surface area (Å²) in [6, 6.07) is 0.218. The van der Waals surface area contributed by atoms with Gasteiger partial charge in [0.15, 0.2) is 0 Å². The number of nitrogens with one attached hydrogen (secondary N) is 2. The van der Waals surface area contributed by atoms with Gasteiger partial charge in [-0.2, -0.15) is 11.8 Å². The highest BCUT2D eigenvalue weighted by Crippen LogP contribution is 2.07. The van der Waals surface area contributed by atoms with E-state index >= 15 is 0 Å². The Hall–Kier alpha value is -0.260. The van der Waals surface area contributed by atoms with E-state index in [9.17, 15) is 4.79 Å². The minimum absolute atomic E-state index is 0.0974. The molecule has 0 aromatic rings. The van der Waals surface area contributed by atoms with Crippen LogP contribution in [0.25, 0.3) is 0 Å². The molecule has 1 unspecified atom stereocenters. The average molecular weight is 287 g/mol. The molecule has 1 aliphatic heterocycles. The summed E-state index contributed by atoms with van der Waals surface area (Å²) in [5.41, 5.74) is 0. The molecular weight excluding hydrogens is 258 g/mol. The van der Waals surface area contributed by atoms with Crippen LogP contribution < -0.4 is 10.6 Å². The molecule has 0 aliphatic carbocycles. The number of thioether (sulfide) groups is 1. The molecule has 4 nitrogen and oxygen atoms in total. The number of hydrogen-bond acceptors (Lipinski definition) is 4. The van der Waals surface area contributed by atoms with Crippen LogP contribution in [0.3, 0.4) is 0 Å². The summed E-state index contributed by atoms with van der Waals surface area (Å²) in [6.07, 6.45) is 2.00. The fraction of sp³-hybridized carbons (Fsp3) is 0.929. The van der Waals surface area contributed by atoms with Crippen molar-refractivity contribution in [3.63, 3.8) is 0 Å². The van der Waals surface area contributed by atoms with E-state index in [1.165, 1.54) is 24.6 Å². The summed E-state index contributed by atoms with van der Waals surface area (Å²) >= 11 is 2.03. The van der Waals surface area contributed by atoms with Crippen molar-refractivity contribution in [2.75, 3.05) is 37.7 Å². The molecule has 2 N–H and O–H groups in total. The van der Waals surface area contributed by atoms with Gasteiger partial charge in [-0.1, -0.05) is 13.8 Å². The fourth-order valence-corrected chi connectivity index (χ4v) is 3.15. The topological polar surface area (TPSA) is 44.4 Å². The van der Waals surface area contributed by atoms with Gasteiger partial charge in [-0.3, -0.25) is 4.79 Å². The van der Waals surface area contributed by atoms with Gasteiger partial charge in [0.2, 0.25) is 5.91 Å². The zero-order valence-corrected chi connectivity index (χ0v) is 13.4. The zero-order valence-electron chi connectivity index (χ0n) is 12.6. The van der Waals surface area contributed by atoms with Gasteiger partial charge in [-0.25, -0.2) is 0 Å². The quantitative estimate of drug-likeness (QED) is 0.707. The van der Waals surface area contributed by atoms with Crippen molar-refractivity contribution in [3.05, 3.63) is 0 Å². The van der Waals surface area contributed by atoms with E-state index in [0.29, 0.717) is 6.04 Å². The molecule has 0 saturated carbocycles. The zero-order chi connectivity index (χ0) is 14.1. The van der Waals surface area contributed by atoms with E-state index < -0.39 is 0 Å². The van der Waals surface area contributed by atoms with E-state index in [2.05, 4.69) is 29.4 Å². The Morgan fingerprint density at radius 1 is 1.26 bits per heavy atom. The highest BCUT2D eigenvalue weighted by molar-refractivity contribution is 7.99. The monoisotopic (exact) mass is 287 g/mol. The Morgan fingerprint density at radius 2 is 1.89 bits per heavy atom. The van der Waals surface area contributed by atoms with Gasteiger partial charge in [-0.15, -0.1) is 0 Å². The van der Waals surface area contributed by atoms with E-state index in [-0.39, 0.29) is 11.9 Å². The Morgan fingerprint density at radius 3 is 2.47 bits per heavy atom. The molecule has 0 aromatic carbocycles. The summed E-state index contributed by atoms with van der Waals surface area (Å²) in [6.45, 7) is 10.5. The number of carbonyl (C=O) groups excluding carboxylic acids is 1. The molecular formula is C14H29N3OS. The number of nitrogens with zero attached hydrogens (tertiary/aromatic N) is 1. The lowest BCUT2D eigenvalue weighted by Crippen LogP contribution is -2.48. The number of carbonyl (C=O) groups is 1. The molecule has 19 heavy (non-hydrogen) atoms. The molecule has 1 amide bonds. The summed E-state index contributed by atoms with van der Waals surface area (Å²) < 4.78 is 0. The molecule has 1 rings (SSSR count). The predicted molar refractivity (Wildman–Crippen MR) is 83.7 cm³/mol. The van der Waals surface area contributed by atoms with Crippen LogP contribution in [0.15, 0.2) is 0 Å². The molecule has 1 aliphatic rings. The molecule has 0 bridgehead atoms. The van der Waals surface area contributed by atoms with Crippen LogP contribution in [0.2, 0.25) is 0 Å². The summed E-state index contributed by atoms with van der Waals surface area (Å²) in [5.74, 6) is 2.61. The molecule has 0 radical (unpaired) electrons. The second kappa shape index (κ2) is 9.61. The smallest absolute Gasteiger partial charge is 0.237 e. The SMILES string of the molecule is CCC(CC)NC(=O)C(C)NCCN1CCSCC1. The van der Waals surface area contributed by atoms with Crippen LogP contribution in [0.4, 0.5) is 0 Å². The van der Waals surface area contributed by atoms with Gasteiger partial charge < -0.3 is 15.5 Å². The maximum Gasteiger partial charge on any atom is 0.237 e. The van der Waals surface area contributed by atoms with Crippen LogP contribution in [-0.2, 0) is 4.79 Å². The van der Waals surface area contributed by atoms with Crippen molar-refractivity contribution < 1.29 is 4.79 Å². The van der Waals surface area contributed by atoms with E-state index in [1.807, 2.05) is 18.7 Å². The number of rotatable bonds is 8. The molecule has 1 fully saturated rings. The molecule has 1 saturated heterocycles. The standard InChI is InChI=1S/C14H29N3OS/c1-4-13(5-2)16-14(18)12(3)15-6-7-17-8-10-19-11-9-17/h12-13,15H,4-11H2,1-3H3,(H,16,18). The first-order chi connectivity index (χ1) is 9.17. The third-order valence-corrected chi connectivity index (χ3v) is 4.65. The second-order valence-electron chi connectivity index (χ2n) is 5.15. The lowest BCUT2D eigenvalue weighted by molar-refractivity contribution is -0.123. The van der Waals surface area contributed by atoms with Crippen LogP contribution in [-0.4, -0.2) is 60.6 Å². The van der Waals surface area contributed by atoms with Crippen molar-refractivity contribution in [1.29, 1.82) is 0 Å². The minimum Gasteiger partial charge on any atom is -0.352 e. The maximum absolute atomic E-state index is 12.0. The minimum atomic E-state index is -0.0974. The van der Waals surface area contributed by atoms with Gasteiger partial charge >= 0.3 is 0 Å². The van der Waals surface area contributed by atoms with E-state index in [1.54, 1.807) is 0 Å². The van der Waals surface area contributed by atoms with Crippen molar-refractivity contribution in [2.45, 2.75) is 45.7 Å². The van der Waals surface area contributed by atoms with Crippen molar-refractivity contribution in [1.82, 2.24) is 15.5 Å². The van der Waals surface area contributed by atoms with E-state index in [0.717, 1.165) is 25.9 Å². The molecule has 112 valence electrons. The van der Waals surface area contributed by atoms with Gasteiger partial charge in [0.1, 0.15) is 0 Å². The largest absolute Gasteiger partial charge is 0.352 e. The van der Waals surface area contributed by atoms with Crippen molar-refractivity contribution in [2.24, 2.45) is 0 Å². The number of hydrogen-bond donors (Lipinski definition) is 2. The molecule has 1 heterocycles. The molecule has 0 aromatic heterocycles. The highest BCUT2D eigenvalue weighted by atomic mass is 32.2. The summed E-state index contributed by atoms with van der Waals surface area (Å²) in [4.78, 5) is 14.4. The first-order valence-electron chi connectivity index (χ1n) is 7.51. The van der Waals surface area contributed by atoms with E-state index in [4.69, 9.17) is 0 Å². The van der Waals surface area contributed by atoms with Gasteiger partial charge in [0, 0.05) is 43.7 Å². The van der Waals surface area contributed by atoms with Crippen LogP contribution in [0.1, 0.15) is 33.6 Å².